The summed E-state index contributed by atoms with van der Waals surface area (Å²) in [7, 11) is 4.20. The molecule has 1 N–H and O–H groups in total. The van der Waals surface area contributed by atoms with Crippen molar-refractivity contribution in [1.82, 2.24) is 14.9 Å². The van der Waals surface area contributed by atoms with Crippen molar-refractivity contribution < 1.29 is 0 Å². The van der Waals surface area contributed by atoms with Crippen molar-refractivity contribution in [2.45, 2.75) is 25.7 Å². The molecule has 0 unspecified atom stereocenters. The monoisotopic (exact) mass is 313 g/mol. The fraction of sp³-hybridized carbons (Fsp3) is 0.556. The molecule has 0 amide bonds. The Morgan fingerprint density at radius 2 is 1.87 bits per heavy atom. The van der Waals surface area contributed by atoms with Gasteiger partial charge in [-0.05, 0) is 58.5 Å². The zero-order valence-corrected chi connectivity index (χ0v) is 14.3. The van der Waals surface area contributed by atoms with Crippen LogP contribution in [0.4, 0.5) is 11.8 Å². The Labute approximate surface area is 138 Å². The molecule has 0 saturated carbocycles. The quantitative estimate of drug-likeness (QED) is 0.831. The van der Waals surface area contributed by atoms with E-state index in [4.69, 9.17) is 4.98 Å². The maximum Gasteiger partial charge on any atom is 0.225 e. The zero-order valence-electron chi connectivity index (χ0n) is 14.3. The summed E-state index contributed by atoms with van der Waals surface area (Å²) in [5, 5.41) is 4.56. The van der Waals surface area contributed by atoms with E-state index in [1.54, 1.807) is 0 Å². The minimum Gasteiger partial charge on any atom is -0.356 e. The first-order valence-corrected chi connectivity index (χ1v) is 8.64. The molecule has 0 bridgehead atoms. The van der Waals surface area contributed by atoms with Gasteiger partial charge in [-0.3, -0.25) is 0 Å². The maximum absolute atomic E-state index is 4.83. The highest BCUT2D eigenvalue weighted by Gasteiger charge is 2.16. The third-order valence-corrected chi connectivity index (χ3v) is 4.30. The lowest BCUT2D eigenvalue weighted by Crippen LogP contribution is -2.30. The number of para-hydroxylation sites is 1. The summed E-state index contributed by atoms with van der Waals surface area (Å²) in [5.74, 6) is 1.84. The standard InChI is InChI=1S/C18H27N5/c1-22(2)12-8-11-19-18-20-16-10-5-4-9-15(16)17(21-18)23-13-6-3-7-14-23/h4-5,9-10H,3,6-8,11-14H2,1-2H3,(H,19,20,21). The average Bonchev–Trinajstić information content (AvgIpc) is 2.58. The van der Waals surface area contributed by atoms with Crippen molar-refractivity contribution in [3.8, 4) is 0 Å². The molecule has 0 spiro atoms. The number of aromatic nitrogens is 2. The lowest BCUT2D eigenvalue weighted by Gasteiger charge is -2.29. The number of piperidine rings is 1. The molecule has 5 heteroatoms. The van der Waals surface area contributed by atoms with E-state index in [0.29, 0.717) is 0 Å². The molecule has 1 aromatic heterocycles. The minimum atomic E-state index is 0.753. The molecule has 0 radical (unpaired) electrons. The molecule has 0 atom stereocenters. The average molecular weight is 313 g/mol. The molecule has 0 aliphatic carbocycles. The maximum atomic E-state index is 4.83. The summed E-state index contributed by atoms with van der Waals surface area (Å²) in [6.45, 7) is 4.16. The van der Waals surface area contributed by atoms with Crippen molar-refractivity contribution in [1.29, 1.82) is 0 Å². The number of rotatable bonds is 6. The minimum absolute atomic E-state index is 0.753. The molecule has 1 aliphatic rings. The van der Waals surface area contributed by atoms with Gasteiger partial charge < -0.3 is 15.1 Å². The largest absolute Gasteiger partial charge is 0.356 e. The second-order valence-electron chi connectivity index (χ2n) is 6.52. The van der Waals surface area contributed by atoms with Crippen molar-refractivity contribution in [2.75, 3.05) is 50.5 Å². The van der Waals surface area contributed by atoms with Crippen molar-refractivity contribution in [2.24, 2.45) is 0 Å². The van der Waals surface area contributed by atoms with E-state index in [1.165, 1.54) is 19.3 Å². The van der Waals surface area contributed by atoms with Crippen LogP contribution < -0.4 is 10.2 Å². The van der Waals surface area contributed by atoms with E-state index in [-0.39, 0.29) is 0 Å². The Kier molecular flexibility index (Phi) is 5.28. The normalized spacial score (nSPS) is 15.3. The summed E-state index contributed by atoms with van der Waals surface area (Å²) in [4.78, 5) is 14.1. The highest BCUT2D eigenvalue weighted by atomic mass is 15.2. The van der Waals surface area contributed by atoms with Gasteiger partial charge in [0, 0.05) is 25.0 Å². The van der Waals surface area contributed by atoms with Crippen LogP contribution in [0.15, 0.2) is 24.3 Å². The van der Waals surface area contributed by atoms with Crippen LogP contribution in [0.2, 0.25) is 0 Å². The molecular formula is C18H27N5. The van der Waals surface area contributed by atoms with Crippen LogP contribution in [0.5, 0.6) is 0 Å². The van der Waals surface area contributed by atoms with Crippen LogP contribution >= 0.6 is 0 Å². The first kappa shape index (κ1) is 16.0. The van der Waals surface area contributed by atoms with Gasteiger partial charge in [-0.1, -0.05) is 12.1 Å². The Morgan fingerprint density at radius 1 is 1.09 bits per heavy atom. The van der Waals surface area contributed by atoms with Gasteiger partial charge in [0.05, 0.1) is 5.52 Å². The molecule has 2 aromatic rings. The lowest BCUT2D eigenvalue weighted by atomic mass is 10.1. The van der Waals surface area contributed by atoms with Gasteiger partial charge in [0.1, 0.15) is 5.82 Å². The number of fused-ring (bicyclic) bond motifs is 1. The molecule has 1 fully saturated rings. The van der Waals surface area contributed by atoms with Crippen molar-refractivity contribution in [3.05, 3.63) is 24.3 Å². The molecule has 1 saturated heterocycles. The van der Waals surface area contributed by atoms with Crippen molar-refractivity contribution in [3.63, 3.8) is 0 Å². The van der Waals surface area contributed by atoms with Gasteiger partial charge in [-0.25, -0.2) is 4.98 Å². The molecule has 1 aromatic carbocycles. The van der Waals surface area contributed by atoms with Crippen LogP contribution in [0, 0.1) is 0 Å². The highest BCUT2D eigenvalue weighted by Crippen LogP contribution is 2.27. The number of benzene rings is 1. The number of nitrogens with one attached hydrogen (secondary N) is 1. The lowest BCUT2D eigenvalue weighted by molar-refractivity contribution is 0.405. The molecule has 1 aliphatic heterocycles. The van der Waals surface area contributed by atoms with E-state index in [2.05, 4.69) is 52.4 Å². The van der Waals surface area contributed by atoms with Gasteiger partial charge in [-0.2, -0.15) is 4.98 Å². The first-order valence-electron chi connectivity index (χ1n) is 8.64. The Hall–Kier alpha value is -1.88. The van der Waals surface area contributed by atoms with Gasteiger partial charge in [0.15, 0.2) is 0 Å². The van der Waals surface area contributed by atoms with E-state index in [9.17, 15) is 0 Å². The first-order chi connectivity index (χ1) is 11.2. The van der Waals surface area contributed by atoms with Gasteiger partial charge in [0.25, 0.3) is 0 Å². The number of nitrogens with zero attached hydrogens (tertiary/aromatic N) is 4. The molecule has 3 rings (SSSR count). The smallest absolute Gasteiger partial charge is 0.225 e. The Bertz CT molecular complexity index is 634. The topological polar surface area (TPSA) is 44.3 Å². The number of anilines is 2. The van der Waals surface area contributed by atoms with Gasteiger partial charge in [0.2, 0.25) is 5.95 Å². The van der Waals surface area contributed by atoms with E-state index < -0.39 is 0 Å². The second kappa shape index (κ2) is 7.59. The predicted octanol–water partition coefficient (Wildman–Crippen LogP) is 2.98. The third-order valence-electron chi connectivity index (χ3n) is 4.30. The van der Waals surface area contributed by atoms with Crippen LogP contribution in [-0.4, -0.2) is 55.1 Å². The summed E-state index contributed by atoms with van der Waals surface area (Å²) in [5.41, 5.74) is 1.03. The third kappa shape index (κ3) is 4.10. The zero-order chi connectivity index (χ0) is 16.1. The van der Waals surface area contributed by atoms with E-state index in [0.717, 1.165) is 55.3 Å². The van der Waals surface area contributed by atoms with Gasteiger partial charge >= 0.3 is 0 Å². The van der Waals surface area contributed by atoms with Crippen LogP contribution in [0.1, 0.15) is 25.7 Å². The van der Waals surface area contributed by atoms with E-state index >= 15 is 0 Å². The Balaban J connectivity index is 1.81. The van der Waals surface area contributed by atoms with E-state index in [1.807, 2.05) is 6.07 Å². The molecule has 23 heavy (non-hydrogen) atoms. The van der Waals surface area contributed by atoms with Crippen LogP contribution in [0.3, 0.4) is 0 Å². The summed E-state index contributed by atoms with van der Waals surface area (Å²) < 4.78 is 0. The number of hydrogen-bond acceptors (Lipinski definition) is 5. The van der Waals surface area contributed by atoms with Crippen LogP contribution in [0.25, 0.3) is 10.9 Å². The molecule has 124 valence electrons. The van der Waals surface area contributed by atoms with Gasteiger partial charge in [-0.15, -0.1) is 0 Å². The number of hydrogen-bond donors (Lipinski definition) is 1. The fourth-order valence-corrected chi connectivity index (χ4v) is 3.08. The summed E-state index contributed by atoms with van der Waals surface area (Å²) >= 11 is 0. The van der Waals surface area contributed by atoms with Crippen molar-refractivity contribution >= 4 is 22.7 Å². The molecular weight excluding hydrogens is 286 g/mol. The Morgan fingerprint density at radius 3 is 2.65 bits per heavy atom. The highest BCUT2D eigenvalue weighted by molar-refractivity contribution is 5.90. The predicted molar refractivity (Wildman–Crippen MR) is 97.3 cm³/mol. The summed E-state index contributed by atoms with van der Waals surface area (Å²) in [6.07, 6.45) is 4.92. The SMILES string of the molecule is CN(C)CCCNc1nc(N2CCCCC2)c2ccccc2n1. The second-order valence-corrected chi connectivity index (χ2v) is 6.52. The molecule has 2 heterocycles. The summed E-state index contributed by atoms with van der Waals surface area (Å²) in [6, 6.07) is 8.33. The molecule has 5 nitrogen and oxygen atoms in total. The van der Waals surface area contributed by atoms with Crippen LogP contribution in [-0.2, 0) is 0 Å². The fourth-order valence-electron chi connectivity index (χ4n) is 3.08.